The van der Waals surface area contributed by atoms with Crippen LogP contribution in [0.5, 0.6) is 0 Å². The molecule has 1 aliphatic rings. The Kier molecular flexibility index (Phi) is 6.11. The van der Waals surface area contributed by atoms with Crippen LogP contribution in [-0.4, -0.2) is 56.3 Å². The number of thioether (sulfide) groups is 1. The SMILES string of the molecule is O=C(CCCn1ccc(C(=O)O)n1)Nc1cccc(N2CCSCC2)n1. The van der Waals surface area contributed by atoms with Crippen LogP contribution in [0.15, 0.2) is 30.5 Å². The van der Waals surface area contributed by atoms with E-state index in [0.29, 0.717) is 25.2 Å². The smallest absolute Gasteiger partial charge is 0.356 e. The molecule has 0 saturated carbocycles. The molecule has 3 heterocycles. The lowest BCUT2D eigenvalue weighted by Gasteiger charge is -2.27. The van der Waals surface area contributed by atoms with Crippen molar-refractivity contribution in [3.05, 3.63) is 36.2 Å². The van der Waals surface area contributed by atoms with Gasteiger partial charge in [-0.15, -0.1) is 0 Å². The van der Waals surface area contributed by atoms with E-state index in [2.05, 4.69) is 20.3 Å². The van der Waals surface area contributed by atoms with Crippen molar-refractivity contribution in [1.29, 1.82) is 0 Å². The van der Waals surface area contributed by atoms with Crippen LogP contribution >= 0.6 is 11.8 Å². The van der Waals surface area contributed by atoms with Crippen molar-refractivity contribution in [1.82, 2.24) is 14.8 Å². The Morgan fingerprint density at radius 1 is 1.23 bits per heavy atom. The van der Waals surface area contributed by atoms with E-state index < -0.39 is 5.97 Å². The Labute approximate surface area is 155 Å². The van der Waals surface area contributed by atoms with Crippen LogP contribution < -0.4 is 10.2 Å². The molecule has 8 nitrogen and oxygen atoms in total. The number of pyridine rings is 1. The van der Waals surface area contributed by atoms with Gasteiger partial charge in [0.2, 0.25) is 5.91 Å². The number of hydrogen-bond donors (Lipinski definition) is 2. The summed E-state index contributed by atoms with van der Waals surface area (Å²) in [6, 6.07) is 7.09. The van der Waals surface area contributed by atoms with E-state index in [1.54, 1.807) is 12.3 Å². The first-order chi connectivity index (χ1) is 12.6. The van der Waals surface area contributed by atoms with Crippen molar-refractivity contribution in [2.75, 3.05) is 34.8 Å². The predicted octanol–water partition coefficient (Wildman–Crippen LogP) is 1.95. The third-order valence-electron chi connectivity index (χ3n) is 3.99. The Morgan fingerprint density at radius 3 is 2.77 bits per heavy atom. The van der Waals surface area contributed by atoms with E-state index in [-0.39, 0.29) is 11.6 Å². The first-order valence-electron chi connectivity index (χ1n) is 8.48. The second kappa shape index (κ2) is 8.70. The standard InChI is InChI=1S/C17H21N5O3S/c23-16(5-2-7-22-8-6-13(20-22)17(24)25)19-14-3-1-4-15(18-14)21-9-11-26-12-10-21/h1,3-4,6,8H,2,5,7,9-12H2,(H,24,25)(H,18,19,23). The number of carbonyl (C=O) groups is 2. The summed E-state index contributed by atoms with van der Waals surface area (Å²) >= 11 is 1.94. The summed E-state index contributed by atoms with van der Waals surface area (Å²) in [5, 5.41) is 15.6. The predicted molar refractivity (Wildman–Crippen MR) is 101 cm³/mol. The van der Waals surface area contributed by atoms with Gasteiger partial charge in [-0.05, 0) is 24.6 Å². The maximum absolute atomic E-state index is 12.1. The van der Waals surface area contributed by atoms with Crippen molar-refractivity contribution in [2.24, 2.45) is 0 Å². The molecule has 1 amide bonds. The number of hydrogen-bond acceptors (Lipinski definition) is 6. The molecule has 0 atom stereocenters. The molecule has 0 radical (unpaired) electrons. The van der Waals surface area contributed by atoms with E-state index in [0.717, 1.165) is 30.4 Å². The normalized spacial score (nSPS) is 14.2. The second-order valence-electron chi connectivity index (χ2n) is 5.90. The summed E-state index contributed by atoms with van der Waals surface area (Å²) in [4.78, 5) is 29.7. The number of carboxylic acid groups (broad SMARTS) is 1. The van der Waals surface area contributed by atoms with Crippen molar-refractivity contribution < 1.29 is 14.7 Å². The Hall–Kier alpha value is -2.55. The lowest BCUT2D eigenvalue weighted by molar-refractivity contribution is -0.116. The highest BCUT2D eigenvalue weighted by Gasteiger charge is 2.13. The second-order valence-corrected chi connectivity index (χ2v) is 7.13. The summed E-state index contributed by atoms with van der Waals surface area (Å²) in [5.41, 5.74) is 0.00609. The van der Waals surface area contributed by atoms with Gasteiger partial charge in [0.25, 0.3) is 0 Å². The van der Waals surface area contributed by atoms with E-state index in [1.807, 2.05) is 23.9 Å². The summed E-state index contributed by atoms with van der Waals surface area (Å²) in [6.07, 6.45) is 2.48. The maximum atomic E-state index is 12.1. The number of carbonyl (C=O) groups excluding carboxylic acids is 1. The molecular weight excluding hydrogens is 354 g/mol. The first-order valence-corrected chi connectivity index (χ1v) is 9.63. The molecule has 0 spiro atoms. The molecule has 0 aliphatic carbocycles. The molecule has 9 heteroatoms. The van der Waals surface area contributed by atoms with Crippen LogP contribution in [0.2, 0.25) is 0 Å². The van der Waals surface area contributed by atoms with Gasteiger partial charge in [-0.25, -0.2) is 9.78 Å². The van der Waals surface area contributed by atoms with E-state index in [9.17, 15) is 9.59 Å². The van der Waals surface area contributed by atoms with Crippen LogP contribution in [0.3, 0.4) is 0 Å². The van der Waals surface area contributed by atoms with Crippen LogP contribution in [0.25, 0.3) is 0 Å². The van der Waals surface area contributed by atoms with E-state index in [1.165, 1.54) is 10.7 Å². The molecule has 138 valence electrons. The lowest BCUT2D eigenvalue weighted by atomic mass is 10.3. The molecule has 1 fully saturated rings. The number of carboxylic acids is 1. The molecule has 3 rings (SSSR count). The minimum Gasteiger partial charge on any atom is -0.476 e. The fraction of sp³-hybridized carbons (Fsp3) is 0.412. The highest BCUT2D eigenvalue weighted by atomic mass is 32.2. The van der Waals surface area contributed by atoms with Crippen LogP contribution in [0.1, 0.15) is 23.3 Å². The van der Waals surface area contributed by atoms with Gasteiger partial charge in [0.1, 0.15) is 11.6 Å². The monoisotopic (exact) mass is 375 g/mol. The summed E-state index contributed by atoms with van der Waals surface area (Å²) < 4.78 is 1.53. The molecule has 1 saturated heterocycles. The highest BCUT2D eigenvalue weighted by Crippen LogP contribution is 2.19. The van der Waals surface area contributed by atoms with Crippen molar-refractivity contribution in [3.63, 3.8) is 0 Å². The summed E-state index contributed by atoms with van der Waals surface area (Å²) in [7, 11) is 0. The highest BCUT2D eigenvalue weighted by molar-refractivity contribution is 7.99. The van der Waals surface area contributed by atoms with Gasteiger partial charge in [0.05, 0.1) is 0 Å². The molecule has 2 N–H and O–H groups in total. The number of nitrogens with one attached hydrogen (secondary N) is 1. The number of aryl methyl sites for hydroxylation is 1. The minimum absolute atomic E-state index is 0.00609. The topological polar surface area (TPSA) is 100 Å². The Morgan fingerprint density at radius 2 is 2.04 bits per heavy atom. The fourth-order valence-corrected chi connectivity index (χ4v) is 3.57. The quantitative estimate of drug-likeness (QED) is 0.763. The molecule has 0 aromatic carbocycles. The van der Waals surface area contributed by atoms with Gasteiger partial charge in [0.15, 0.2) is 5.69 Å². The zero-order valence-corrected chi connectivity index (χ0v) is 15.1. The van der Waals surface area contributed by atoms with Crippen molar-refractivity contribution in [2.45, 2.75) is 19.4 Å². The van der Waals surface area contributed by atoms with Crippen LogP contribution in [0, 0.1) is 0 Å². The molecule has 2 aromatic heterocycles. The molecule has 26 heavy (non-hydrogen) atoms. The summed E-state index contributed by atoms with van der Waals surface area (Å²) in [6.45, 7) is 2.42. The number of aromatic nitrogens is 3. The number of nitrogens with zero attached hydrogens (tertiary/aromatic N) is 4. The molecule has 0 unspecified atom stereocenters. The Balaban J connectivity index is 1.47. The van der Waals surface area contributed by atoms with Crippen molar-refractivity contribution >= 4 is 35.3 Å². The van der Waals surface area contributed by atoms with Gasteiger partial charge in [-0.3, -0.25) is 9.48 Å². The minimum atomic E-state index is -1.06. The van der Waals surface area contributed by atoms with Crippen LogP contribution in [-0.2, 0) is 11.3 Å². The number of rotatable bonds is 7. The zero-order valence-electron chi connectivity index (χ0n) is 14.3. The van der Waals surface area contributed by atoms with E-state index >= 15 is 0 Å². The average molecular weight is 375 g/mol. The third-order valence-corrected chi connectivity index (χ3v) is 4.93. The van der Waals surface area contributed by atoms with Gasteiger partial charge < -0.3 is 15.3 Å². The fourth-order valence-electron chi connectivity index (χ4n) is 2.67. The van der Waals surface area contributed by atoms with Crippen molar-refractivity contribution in [3.8, 4) is 0 Å². The van der Waals surface area contributed by atoms with Gasteiger partial charge in [-0.1, -0.05) is 6.07 Å². The van der Waals surface area contributed by atoms with Gasteiger partial charge in [-0.2, -0.15) is 16.9 Å². The number of aromatic carboxylic acids is 1. The van der Waals surface area contributed by atoms with E-state index in [4.69, 9.17) is 5.11 Å². The largest absolute Gasteiger partial charge is 0.476 e. The average Bonchev–Trinajstić information content (AvgIpc) is 3.12. The molecule has 0 bridgehead atoms. The van der Waals surface area contributed by atoms with Gasteiger partial charge >= 0.3 is 5.97 Å². The third kappa shape index (κ3) is 4.98. The Bertz CT molecular complexity index is 773. The zero-order chi connectivity index (χ0) is 18.4. The molecule has 2 aromatic rings. The number of amides is 1. The number of anilines is 2. The van der Waals surface area contributed by atoms with Gasteiger partial charge in [0, 0.05) is 43.8 Å². The lowest BCUT2D eigenvalue weighted by Crippen LogP contribution is -2.33. The first kappa shape index (κ1) is 18.2. The van der Waals surface area contributed by atoms with Crippen LogP contribution in [0.4, 0.5) is 11.6 Å². The molecule has 1 aliphatic heterocycles. The maximum Gasteiger partial charge on any atom is 0.356 e. The summed E-state index contributed by atoms with van der Waals surface area (Å²) in [5.74, 6) is 2.46. The molecular formula is C17H21N5O3S.